The number of terminal acetylenes is 1. The first-order valence-electron chi connectivity index (χ1n) is 6.37. The Morgan fingerprint density at radius 2 is 2.40 bits per heavy atom. The molecule has 0 aliphatic carbocycles. The third-order valence-corrected chi connectivity index (χ3v) is 2.62. The van der Waals surface area contributed by atoms with Crippen molar-refractivity contribution in [3.63, 3.8) is 0 Å². The van der Waals surface area contributed by atoms with Gasteiger partial charge in [-0.3, -0.25) is 4.99 Å². The minimum atomic E-state index is 0.688. The minimum Gasteiger partial charge on any atom is -0.340 e. The Labute approximate surface area is 118 Å². The predicted molar refractivity (Wildman–Crippen MR) is 82.5 cm³/mol. The summed E-state index contributed by atoms with van der Waals surface area (Å²) >= 11 is 0. The first-order chi connectivity index (χ1) is 9.72. The molecule has 0 amide bonds. The molecule has 0 aliphatic heterocycles. The molecule has 2 rings (SSSR count). The number of nitrogens with one attached hydrogen (secondary N) is 2. The summed E-state index contributed by atoms with van der Waals surface area (Å²) in [4.78, 5) is 8.65. The molecule has 0 spiro atoms. The van der Waals surface area contributed by atoms with Gasteiger partial charge in [-0.25, -0.2) is 4.98 Å². The normalized spacial score (nSPS) is 12.2. The van der Waals surface area contributed by atoms with Crippen LogP contribution >= 0.6 is 0 Å². The first-order valence-corrected chi connectivity index (χ1v) is 6.37. The summed E-state index contributed by atoms with van der Waals surface area (Å²) in [6, 6.07) is 6.32. The number of pyridine rings is 1. The summed E-state index contributed by atoms with van der Waals surface area (Å²) in [6.45, 7) is 4.57. The van der Waals surface area contributed by atoms with Gasteiger partial charge in [0.2, 0.25) is 0 Å². The van der Waals surface area contributed by atoms with E-state index in [-0.39, 0.29) is 0 Å². The fourth-order valence-corrected chi connectivity index (χ4v) is 1.78. The molecule has 20 heavy (non-hydrogen) atoms. The lowest BCUT2D eigenvalue weighted by molar-refractivity contribution is 1.10. The third-order valence-electron chi connectivity index (χ3n) is 2.62. The molecule has 2 aromatic heterocycles. The van der Waals surface area contributed by atoms with Gasteiger partial charge >= 0.3 is 0 Å². The van der Waals surface area contributed by atoms with Crippen LogP contribution in [0.4, 0.5) is 5.69 Å². The molecule has 0 fully saturated rings. The quantitative estimate of drug-likeness (QED) is 0.386. The van der Waals surface area contributed by atoms with Gasteiger partial charge in [0.1, 0.15) is 11.5 Å². The monoisotopic (exact) mass is 267 g/mol. The fourth-order valence-electron chi connectivity index (χ4n) is 1.78. The SMILES string of the molecule is C#CN/C(C)=C\C(=NCC)Nc1ccn2ccnc2c1. The Morgan fingerprint density at radius 3 is 3.15 bits per heavy atom. The molecule has 5 nitrogen and oxygen atoms in total. The number of fused-ring (bicyclic) bond motifs is 1. The smallest absolute Gasteiger partial charge is 0.138 e. The van der Waals surface area contributed by atoms with Gasteiger partial charge in [0.05, 0.1) is 0 Å². The average molecular weight is 267 g/mol. The zero-order chi connectivity index (χ0) is 14.4. The van der Waals surface area contributed by atoms with Crippen LogP contribution in [0.25, 0.3) is 5.65 Å². The van der Waals surface area contributed by atoms with Crippen molar-refractivity contribution in [2.75, 3.05) is 11.9 Å². The highest BCUT2D eigenvalue weighted by Gasteiger charge is 2.00. The van der Waals surface area contributed by atoms with Gasteiger partial charge in [0.25, 0.3) is 0 Å². The second-order valence-electron chi connectivity index (χ2n) is 4.19. The minimum absolute atomic E-state index is 0.688. The lowest BCUT2D eigenvalue weighted by Crippen LogP contribution is -2.13. The highest BCUT2D eigenvalue weighted by molar-refractivity contribution is 6.04. The largest absolute Gasteiger partial charge is 0.340 e. The molecule has 0 bridgehead atoms. The Morgan fingerprint density at radius 1 is 1.55 bits per heavy atom. The zero-order valence-corrected chi connectivity index (χ0v) is 11.6. The summed E-state index contributed by atoms with van der Waals surface area (Å²) in [5.74, 6) is 0.753. The van der Waals surface area contributed by atoms with E-state index in [0.717, 1.165) is 22.9 Å². The van der Waals surface area contributed by atoms with E-state index in [1.54, 1.807) is 6.20 Å². The maximum Gasteiger partial charge on any atom is 0.138 e. The number of anilines is 1. The van der Waals surface area contributed by atoms with Gasteiger partial charge < -0.3 is 15.0 Å². The van der Waals surface area contributed by atoms with E-state index in [0.29, 0.717) is 6.54 Å². The highest BCUT2D eigenvalue weighted by atomic mass is 15.0. The first kappa shape index (κ1) is 13.7. The van der Waals surface area contributed by atoms with Crippen molar-refractivity contribution in [2.45, 2.75) is 13.8 Å². The van der Waals surface area contributed by atoms with E-state index < -0.39 is 0 Å². The number of allylic oxidation sites excluding steroid dienone is 1. The van der Waals surface area contributed by atoms with E-state index in [4.69, 9.17) is 6.42 Å². The molecule has 0 radical (unpaired) electrons. The fraction of sp³-hybridized carbons (Fsp3) is 0.200. The van der Waals surface area contributed by atoms with Crippen LogP contribution in [0.1, 0.15) is 13.8 Å². The van der Waals surface area contributed by atoms with Crippen molar-refractivity contribution in [2.24, 2.45) is 4.99 Å². The number of aromatic nitrogens is 2. The summed E-state index contributed by atoms with van der Waals surface area (Å²) < 4.78 is 1.95. The summed E-state index contributed by atoms with van der Waals surface area (Å²) in [7, 11) is 0. The van der Waals surface area contributed by atoms with Crippen molar-refractivity contribution in [3.8, 4) is 12.5 Å². The van der Waals surface area contributed by atoms with Crippen LogP contribution in [-0.2, 0) is 0 Å². The molecule has 2 aromatic rings. The molecule has 0 saturated carbocycles. The summed E-state index contributed by atoms with van der Waals surface area (Å²) in [5, 5.41) is 6.06. The number of aliphatic imine (C=N–C) groups is 1. The Hall–Kier alpha value is -2.74. The van der Waals surface area contributed by atoms with Crippen LogP contribution in [-0.4, -0.2) is 21.8 Å². The lowest BCUT2D eigenvalue weighted by Gasteiger charge is -2.08. The maximum absolute atomic E-state index is 5.21. The average Bonchev–Trinajstić information content (AvgIpc) is 2.86. The topological polar surface area (TPSA) is 53.7 Å². The number of nitrogens with zero attached hydrogens (tertiary/aromatic N) is 3. The van der Waals surface area contributed by atoms with Crippen LogP contribution in [0, 0.1) is 12.5 Å². The van der Waals surface area contributed by atoms with Crippen molar-refractivity contribution in [1.82, 2.24) is 14.7 Å². The van der Waals surface area contributed by atoms with Gasteiger partial charge in [0, 0.05) is 48.6 Å². The van der Waals surface area contributed by atoms with Gasteiger partial charge in [-0.2, -0.15) is 0 Å². The molecule has 0 aliphatic rings. The maximum atomic E-state index is 5.21. The molecule has 0 aromatic carbocycles. The molecule has 102 valence electrons. The third kappa shape index (κ3) is 3.39. The van der Waals surface area contributed by atoms with Gasteiger partial charge in [-0.1, -0.05) is 6.42 Å². The van der Waals surface area contributed by atoms with E-state index in [1.165, 1.54) is 0 Å². The molecule has 0 unspecified atom stereocenters. The number of amidine groups is 1. The number of hydrogen-bond donors (Lipinski definition) is 2. The van der Waals surface area contributed by atoms with Gasteiger partial charge in [-0.15, -0.1) is 0 Å². The molecule has 2 heterocycles. The van der Waals surface area contributed by atoms with E-state index in [2.05, 4.69) is 26.7 Å². The van der Waals surface area contributed by atoms with Crippen molar-refractivity contribution in [1.29, 1.82) is 0 Å². The standard InChI is InChI=1S/C15H17N5/c1-4-16-12(3)10-14(17-5-2)19-13-6-8-20-9-7-18-15(20)11-13/h1,6-11,16H,5H2,2-3H3,(H,17,19)/b12-10-. The van der Waals surface area contributed by atoms with Crippen LogP contribution in [0.2, 0.25) is 0 Å². The lowest BCUT2D eigenvalue weighted by atomic mass is 10.3. The Bertz CT molecular complexity index is 688. The zero-order valence-electron chi connectivity index (χ0n) is 11.6. The number of hydrogen-bond acceptors (Lipinski definition) is 3. The van der Waals surface area contributed by atoms with E-state index in [9.17, 15) is 0 Å². The van der Waals surface area contributed by atoms with E-state index in [1.807, 2.05) is 48.9 Å². The second-order valence-corrected chi connectivity index (χ2v) is 4.19. The predicted octanol–water partition coefficient (Wildman–Crippen LogP) is 2.25. The molecule has 0 saturated heterocycles. The molecule has 0 atom stereocenters. The Balaban J connectivity index is 2.21. The van der Waals surface area contributed by atoms with Crippen molar-refractivity contribution < 1.29 is 0 Å². The van der Waals surface area contributed by atoms with Crippen LogP contribution in [0.3, 0.4) is 0 Å². The van der Waals surface area contributed by atoms with E-state index >= 15 is 0 Å². The molecular weight excluding hydrogens is 250 g/mol. The summed E-state index contributed by atoms with van der Waals surface area (Å²) in [5.41, 5.74) is 2.67. The summed E-state index contributed by atoms with van der Waals surface area (Å²) in [6.07, 6.45) is 12.7. The van der Waals surface area contributed by atoms with Crippen LogP contribution in [0.15, 0.2) is 47.5 Å². The molecule has 2 N–H and O–H groups in total. The number of rotatable bonds is 4. The van der Waals surface area contributed by atoms with Gasteiger partial charge in [-0.05, 0) is 26.0 Å². The van der Waals surface area contributed by atoms with Crippen LogP contribution < -0.4 is 10.6 Å². The Kier molecular flexibility index (Phi) is 4.40. The molecular formula is C15H17N5. The van der Waals surface area contributed by atoms with Gasteiger partial charge in [0.15, 0.2) is 0 Å². The number of imidazole rings is 1. The van der Waals surface area contributed by atoms with Crippen LogP contribution in [0.5, 0.6) is 0 Å². The van der Waals surface area contributed by atoms with Crippen molar-refractivity contribution >= 4 is 17.2 Å². The molecule has 5 heteroatoms. The second kappa shape index (κ2) is 6.43. The highest BCUT2D eigenvalue weighted by Crippen LogP contribution is 2.11. The van der Waals surface area contributed by atoms with Crippen molar-refractivity contribution in [3.05, 3.63) is 42.5 Å².